The largest absolute Gasteiger partial charge is 0.338 e. The summed E-state index contributed by atoms with van der Waals surface area (Å²) in [7, 11) is 0. The second kappa shape index (κ2) is 5.71. The second-order valence-corrected chi connectivity index (χ2v) is 5.29. The van der Waals surface area contributed by atoms with Crippen molar-refractivity contribution in [1.82, 2.24) is 15.1 Å². The maximum Gasteiger partial charge on any atom is 0.234 e. The lowest BCUT2D eigenvalue weighted by atomic mass is 9.82. The van der Waals surface area contributed by atoms with Crippen molar-refractivity contribution < 1.29 is 4.52 Å². The zero-order valence-electron chi connectivity index (χ0n) is 12.6. The number of nitrogens with two attached hydrogens (primary N) is 1. The van der Waals surface area contributed by atoms with Gasteiger partial charge in [-0.25, -0.2) is 0 Å². The van der Waals surface area contributed by atoms with Gasteiger partial charge >= 0.3 is 0 Å². The fourth-order valence-electron chi connectivity index (χ4n) is 2.41. The Balaban J connectivity index is 2.42. The van der Waals surface area contributed by atoms with Crippen molar-refractivity contribution in [1.29, 1.82) is 0 Å². The summed E-state index contributed by atoms with van der Waals surface area (Å²) in [5.74, 6) is 1.15. The first kappa shape index (κ1) is 14.7. The van der Waals surface area contributed by atoms with Gasteiger partial charge in [-0.2, -0.15) is 4.98 Å². The van der Waals surface area contributed by atoms with Gasteiger partial charge in [0, 0.05) is 12.7 Å². The minimum atomic E-state index is -0.232. The van der Waals surface area contributed by atoms with Gasteiger partial charge in [-0.3, -0.25) is 4.98 Å². The van der Waals surface area contributed by atoms with Crippen molar-refractivity contribution in [3.8, 4) is 11.5 Å². The fraction of sp³-hybridized carbons (Fsp3) is 0.533. The van der Waals surface area contributed by atoms with Gasteiger partial charge in [-0.1, -0.05) is 25.1 Å². The summed E-state index contributed by atoms with van der Waals surface area (Å²) in [6, 6.07) is 2.06. The SMILES string of the molecule is CCC(CC)(CN)c1nc(-c2ncc(C)cc2C)no1. The highest BCUT2D eigenvalue weighted by atomic mass is 16.5. The van der Waals surface area contributed by atoms with Crippen molar-refractivity contribution in [3.63, 3.8) is 0 Å². The first-order valence-corrected chi connectivity index (χ1v) is 7.04. The normalized spacial score (nSPS) is 11.8. The van der Waals surface area contributed by atoms with E-state index in [1.807, 2.05) is 20.0 Å². The molecule has 0 radical (unpaired) electrons. The van der Waals surface area contributed by atoms with Gasteiger partial charge < -0.3 is 10.3 Å². The van der Waals surface area contributed by atoms with Gasteiger partial charge in [0.2, 0.25) is 11.7 Å². The molecule has 0 amide bonds. The average molecular weight is 274 g/mol. The van der Waals surface area contributed by atoms with E-state index in [0.29, 0.717) is 18.3 Å². The molecule has 2 heterocycles. The average Bonchev–Trinajstić information content (AvgIpc) is 2.91. The summed E-state index contributed by atoms with van der Waals surface area (Å²) in [5.41, 5.74) is 8.61. The predicted octanol–water partition coefficient (Wildman–Crippen LogP) is 2.76. The van der Waals surface area contributed by atoms with Gasteiger partial charge in [-0.05, 0) is 37.8 Å². The summed E-state index contributed by atoms with van der Waals surface area (Å²) in [6.07, 6.45) is 3.57. The zero-order chi connectivity index (χ0) is 14.8. The lowest BCUT2D eigenvalue weighted by Gasteiger charge is -2.24. The van der Waals surface area contributed by atoms with Crippen LogP contribution in [0, 0.1) is 13.8 Å². The van der Waals surface area contributed by atoms with E-state index in [1.165, 1.54) is 0 Å². The van der Waals surface area contributed by atoms with Crippen molar-refractivity contribution in [2.24, 2.45) is 5.73 Å². The first-order valence-electron chi connectivity index (χ1n) is 7.04. The van der Waals surface area contributed by atoms with Crippen LogP contribution in [0.4, 0.5) is 0 Å². The Morgan fingerprint density at radius 2 is 1.95 bits per heavy atom. The van der Waals surface area contributed by atoms with Crippen LogP contribution in [0.3, 0.4) is 0 Å². The summed E-state index contributed by atoms with van der Waals surface area (Å²) in [6.45, 7) is 8.70. The van der Waals surface area contributed by atoms with Crippen LogP contribution in [0.15, 0.2) is 16.8 Å². The van der Waals surface area contributed by atoms with Crippen LogP contribution in [0.25, 0.3) is 11.5 Å². The summed E-state index contributed by atoms with van der Waals surface area (Å²) < 4.78 is 5.46. The molecule has 5 nitrogen and oxygen atoms in total. The Morgan fingerprint density at radius 3 is 2.50 bits per heavy atom. The van der Waals surface area contributed by atoms with E-state index in [1.54, 1.807) is 0 Å². The molecule has 0 bridgehead atoms. The molecule has 0 atom stereocenters. The molecular weight excluding hydrogens is 252 g/mol. The zero-order valence-corrected chi connectivity index (χ0v) is 12.6. The Kier molecular flexibility index (Phi) is 4.18. The molecule has 5 heteroatoms. The molecule has 0 saturated carbocycles. The molecular formula is C15H22N4O. The third-order valence-electron chi connectivity index (χ3n) is 4.05. The molecule has 0 aliphatic carbocycles. The van der Waals surface area contributed by atoms with E-state index in [2.05, 4.69) is 35.0 Å². The van der Waals surface area contributed by atoms with E-state index in [-0.39, 0.29) is 5.41 Å². The van der Waals surface area contributed by atoms with E-state index < -0.39 is 0 Å². The quantitative estimate of drug-likeness (QED) is 0.907. The molecule has 0 aliphatic rings. The highest BCUT2D eigenvalue weighted by molar-refractivity contribution is 5.54. The number of aryl methyl sites for hydroxylation is 2. The maximum atomic E-state index is 5.92. The minimum Gasteiger partial charge on any atom is -0.338 e. The van der Waals surface area contributed by atoms with Crippen molar-refractivity contribution in [3.05, 3.63) is 29.3 Å². The summed E-state index contributed by atoms with van der Waals surface area (Å²) in [4.78, 5) is 8.94. The molecule has 0 fully saturated rings. The lowest BCUT2D eigenvalue weighted by molar-refractivity contribution is 0.267. The molecule has 108 valence electrons. The topological polar surface area (TPSA) is 77.8 Å². The second-order valence-electron chi connectivity index (χ2n) is 5.29. The number of rotatable bonds is 5. The molecule has 2 rings (SSSR count). The standard InChI is InChI=1S/C15H22N4O/c1-5-15(6-2,9-16)14-18-13(19-20-14)12-11(4)7-10(3)8-17-12/h7-8H,5-6,9,16H2,1-4H3. The molecule has 0 saturated heterocycles. The van der Waals surface area contributed by atoms with Crippen molar-refractivity contribution in [2.75, 3.05) is 6.54 Å². The molecule has 0 aliphatic heterocycles. The number of hydrogen-bond donors (Lipinski definition) is 1. The van der Waals surface area contributed by atoms with Crippen LogP contribution in [-0.2, 0) is 5.41 Å². The Hall–Kier alpha value is -1.75. The van der Waals surface area contributed by atoms with Gasteiger partial charge in [0.25, 0.3) is 0 Å². The number of pyridine rings is 1. The fourth-order valence-corrected chi connectivity index (χ4v) is 2.41. The van der Waals surface area contributed by atoms with Crippen LogP contribution in [-0.4, -0.2) is 21.7 Å². The van der Waals surface area contributed by atoms with Gasteiger partial charge in [0.15, 0.2) is 0 Å². The van der Waals surface area contributed by atoms with E-state index in [9.17, 15) is 0 Å². The van der Waals surface area contributed by atoms with Crippen LogP contribution in [0.1, 0.15) is 43.7 Å². The lowest BCUT2D eigenvalue weighted by Crippen LogP contribution is -2.34. The van der Waals surface area contributed by atoms with Crippen molar-refractivity contribution in [2.45, 2.75) is 46.0 Å². The van der Waals surface area contributed by atoms with Crippen LogP contribution in [0.5, 0.6) is 0 Å². The summed E-state index contributed by atoms with van der Waals surface area (Å²) in [5, 5.41) is 4.08. The maximum absolute atomic E-state index is 5.92. The molecule has 20 heavy (non-hydrogen) atoms. The monoisotopic (exact) mass is 274 g/mol. The van der Waals surface area contributed by atoms with Crippen LogP contribution < -0.4 is 5.73 Å². The Labute approximate surface area is 119 Å². The Bertz CT molecular complexity index is 579. The molecule has 2 aromatic heterocycles. The minimum absolute atomic E-state index is 0.232. The van der Waals surface area contributed by atoms with E-state index >= 15 is 0 Å². The summed E-state index contributed by atoms with van der Waals surface area (Å²) >= 11 is 0. The third-order valence-corrected chi connectivity index (χ3v) is 4.05. The number of hydrogen-bond acceptors (Lipinski definition) is 5. The molecule has 2 N–H and O–H groups in total. The molecule has 0 aromatic carbocycles. The first-order chi connectivity index (χ1) is 9.56. The van der Waals surface area contributed by atoms with Gasteiger partial charge in [0.05, 0.1) is 5.41 Å². The Morgan fingerprint density at radius 1 is 1.25 bits per heavy atom. The molecule has 2 aromatic rings. The highest BCUT2D eigenvalue weighted by Gasteiger charge is 2.33. The van der Waals surface area contributed by atoms with Gasteiger partial charge in [-0.15, -0.1) is 0 Å². The predicted molar refractivity (Wildman–Crippen MR) is 78.3 cm³/mol. The third kappa shape index (κ3) is 2.45. The van der Waals surface area contributed by atoms with Crippen molar-refractivity contribution >= 4 is 0 Å². The smallest absolute Gasteiger partial charge is 0.234 e. The number of nitrogens with zero attached hydrogens (tertiary/aromatic N) is 3. The van der Waals surface area contributed by atoms with Gasteiger partial charge in [0.1, 0.15) is 5.69 Å². The van der Waals surface area contributed by atoms with E-state index in [4.69, 9.17) is 10.3 Å². The number of aromatic nitrogens is 3. The van der Waals surface area contributed by atoms with E-state index in [0.717, 1.165) is 29.7 Å². The molecule has 0 spiro atoms. The van der Waals surface area contributed by atoms with Crippen LogP contribution >= 0.6 is 0 Å². The molecule has 0 unspecified atom stereocenters. The van der Waals surface area contributed by atoms with Crippen LogP contribution in [0.2, 0.25) is 0 Å². The highest BCUT2D eigenvalue weighted by Crippen LogP contribution is 2.30.